The highest BCUT2D eigenvalue weighted by Crippen LogP contribution is 2.34. The SMILES string of the molecule is COc1cccc(CNc2ccc(N3CCCCC3)c(Cl)c2)c1OCc1ccc(Cl)cc1Cl. The Balaban J connectivity index is 1.47. The van der Waals surface area contributed by atoms with Gasteiger partial charge in [-0.15, -0.1) is 0 Å². The van der Waals surface area contributed by atoms with E-state index in [1.54, 1.807) is 19.2 Å². The minimum absolute atomic E-state index is 0.305. The summed E-state index contributed by atoms with van der Waals surface area (Å²) >= 11 is 18.9. The van der Waals surface area contributed by atoms with Gasteiger partial charge in [0.25, 0.3) is 0 Å². The minimum atomic E-state index is 0.305. The van der Waals surface area contributed by atoms with Crippen LogP contribution in [0.25, 0.3) is 0 Å². The summed E-state index contributed by atoms with van der Waals surface area (Å²) in [6, 6.07) is 17.4. The molecule has 3 aromatic carbocycles. The molecule has 0 amide bonds. The van der Waals surface area contributed by atoms with Crippen molar-refractivity contribution in [2.24, 2.45) is 0 Å². The van der Waals surface area contributed by atoms with Gasteiger partial charge < -0.3 is 19.7 Å². The lowest BCUT2D eigenvalue weighted by atomic mass is 10.1. The second-order valence-electron chi connectivity index (χ2n) is 8.04. The molecule has 1 heterocycles. The van der Waals surface area contributed by atoms with E-state index in [0.717, 1.165) is 40.6 Å². The Kier molecular flexibility index (Phi) is 8.13. The quantitative estimate of drug-likeness (QED) is 0.338. The van der Waals surface area contributed by atoms with Crippen molar-refractivity contribution in [1.82, 2.24) is 0 Å². The molecule has 7 heteroatoms. The number of halogens is 3. The van der Waals surface area contributed by atoms with Gasteiger partial charge in [-0.05, 0) is 55.7 Å². The molecule has 0 unspecified atom stereocenters. The van der Waals surface area contributed by atoms with E-state index in [9.17, 15) is 0 Å². The molecule has 1 aliphatic heterocycles. The monoisotopic (exact) mass is 504 g/mol. The van der Waals surface area contributed by atoms with Crippen LogP contribution in [0.2, 0.25) is 15.1 Å². The summed E-state index contributed by atoms with van der Waals surface area (Å²) in [5.41, 5.74) is 3.88. The van der Waals surface area contributed by atoms with E-state index in [1.165, 1.54) is 19.3 Å². The molecule has 0 aliphatic carbocycles. The molecule has 1 aliphatic rings. The summed E-state index contributed by atoms with van der Waals surface area (Å²) in [7, 11) is 1.63. The Bertz CT molecular complexity index is 1100. The van der Waals surface area contributed by atoms with Crippen LogP contribution in [0.5, 0.6) is 11.5 Å². The van der Waals surface area contributed by atoms with Gasteiger partial charge in [0.05, 0.1) is 17.8 Å². The summed E-state index contributed by atoms with van der Waals surface area (Å²) < 4.78 is 11.7. The molecule has 4 nitrogen and oxygen atoms in total. The number of hydrogen-bond acceptors (Lipinski definition) is 4. The third-order valence-corrected chi connectivity index (χ3v) is 6.68. The summed E-state index contributed by atoms with van der Waals surface area (Å²) in [6.45, 7) is 2.99. The molecule has 1 N–H and O–H groups in total. The number of piperidine rings is 1. The third kappa shape index (κ3) is 6.00. The van der Waals surface area contributed by atoms with Crippen LogP contribution in [-0.4, -0.2) is 20.2 Å². The van der Waals surface area contributed by atoms with Crippen molar-refractivity contribution in [1.29, 1.82) is 0 Å². The van der Waals surface area contributed by atoms with E-state index in [0.29, 0.717) is 34.7 Å². The van der Waals surface area contributed by atoms with E-state index in [1.807, 2.05) is 30.3 Å². The van der Waals surface area contributed by atoms with Crippen LogP contribution >= 0.6 is 34.8 Å². The Labute approximate surface area is 210 Å². The fourth-order valence-corrected chi connectivity index (χ4v) is 4.78. The van der Waals surface area contributed by atoms with E-state index < -0.39 is 0 Å². The molecule has 0 aromatic heterocycles. The van der Waals surface area contributed by atoms with E-state index in [-0.39, 0.29) is 0 Å². The fraction of sp³-hybridized carbons (Fsp3) is 0.308. The van der Waals surface area contributed by atoms with Gasteiger partial charge in [-0.25, -0.2) is 0 Å². The van der Waals surface area contributed by atoms with Crippen molar-refractivity contribution < 1.29 is 9.47 Å². The molecular weight excluding hydrogens is 479 g/mol. The van der Waals surface area contributed by atoms with Crippen LogP contribution < -0.4 is 19.7 Å². The summed E-state index contributed by atoms with van der Waals surface area (Å²) in [5, 5.41) is 5.39. The molecule has 1 saturated heterocycles. The van der Waals surface area contributed by atoms with Gasteiger partial charge in [0.2, 0.25) is 0 Å². The summed E-state index contributed by atoms with van der Waals surface area (Å²) in [4.78, 5) is 2.37. The number of benzene rings is 3. The van der Waals surface area contributed by atoms with Gasteiger partial charge >= 0.3 is 0 Å². The average Bonchev–Trinajstić information content (AvgIpc) is 2.83. The van der Waals surface area contributed by atoms with Crippen LogP contribution in [0, 0.1) is 0 Å². The van der Waals surface area contributed by atoms with E-state index in [4.69, 9.17) is 44.3 Å². The largest absolute Gasteiger partial charge is 0.493 e. The van der Waals surface area contributed by atoms with Crippen molar-refractivity contribution in [3.05, 3.63) is 80.8 Å². The fourth-order valence-electron chi connectivity index (χ4n) is 4.02. The Hall–Kier alpha value is -2.27. The first kappa shape index (κ1) is 23.9. The van der Waals surface area contributed by atoms with Crippen molar-refractivity contribution in [3.8, 4) is 11.5 Å². The number of para-hydroxylation sites is 1. The Morgan fingerprint density at radius 1 is 0.879 bits per heavy atom. The van der Waals surface area contributed by atoms with Crippen molar-refractivity contribution in [3.63, 3.8) is 0 Å². The maximum Gasteiger partial charge on any atom is 0.166 e. The predicted molar refractivity (Wildman–Crippen MR) is 139 cm³/mol. The van der Waals surface area contributed by atoms with Crippen LogP contribution in [0.3, 0.4) is 0 Å². The molecule has 0 bridgehead atoms. The van der Waals surface area contributed by atoms with Gasteiger partial charge in [-0.3, -0.25) is 0 Å². The molecule has 0 saturated carbocycles. The van der Waals surface area contributed by atoms with Gasteiger partial charge in [0.15, 0.2) is 11.5 Å². The number of nitrogens with zero attached hydrogens (tertiary/aromatic N) is 1. The first-order valence-electron chi connectivity index (χ1n) is 11.1. The second kappa shape index (κ2) is 11.2. The first-order valence-corrected chi connectivity index (χ1v) is 12.2. The minimum Gasteiger partial charge on any atom is -0.493 e. The molecule has 4 rings (SSSR count). The molecule has 174 valence electrons. The molecule has 0 spiro atoms. The van der Waals surface area contributed by atoms with Crippen LogP contribution in [0.4, 0.5) is 11.4 Å². The summed E-state index contributed by atoms with van der Waals surface area (Å²) in [5.74, 6) is 1.34. The standard InChI is InChI=1S/C26H27Cl3N2O2/c1-32-25-7-5-6-18(26(25)33-17-19-8-9-20(27)14-22(19)28)16-30-21-10-11-24(23(29)15-21)31-12-3-2-4-13-31/h5-11,14-15,30H,2-4,12-13,16-17H2,1H3. The average molecular weight is 506 g/mol. The normalized spacial score (nSPS) is 13.6. The summed E-state index contributed by atoms with van der Waals surface area (Å²) in [6.07, 6.45) is 3.73. The van der Waals surface area contributed by atoms with E-state index >= 15 is 0 Å². The Morgan fingerprint density at radius 3 is 2.42 bits per heavy atom. The van der Waals surface area contributed by atoms with Gasteiger partial charge in [-0.2, -0.15) is 0 Å². The molecule has 33 heavy (non-hydrogen) atoms. The van der Waals surface area contributed by atoms with Crippen LogP contribution in [0.15, 0.2) is 54.6 Å². The van der Waals surface area contributed by atoms with Gasteiger partial charge in [0, 0.05) is 46.5 Å². The zero-order valence-corrected chi connectivity index (χ0v) is 20.8. The van der Waals surface area contributed by atoms with Crippen LogP contribution in [0.1, 0.15) is 30.4 Å². The predicted octanol–water partition coefficient (Wildman–Crippen LogP) is 7.84. The third-order valence-electron chi connectivity index (χ3n) is 5.79. The maximum atomic E-state index is 6.62. The molecule has 0 atom stereocenters. The highest BCUT2D eigenvalue weighted by molar-refractivity contribution is 6.35. The zero-order valence-electron chi connectivity index (χ0n) is 18.5. The lowest BCUT2D eigenvalue weighted by molar-refractivity contribution is 0.282. The lowest BCUT2D eigenvalue weighted by Crippen LogP contribution is -2.29. The lowest BCUT2D eigenvalue weighted by Gasteiger charge is -2.29. The van der Waals surface area contributed by atoms with Crippen LogP contribution in [-0.2, 0) is 13.2 Å². The number of nitrogens with one attached hydrogen (secondary N) is 1. The molecule has 3 aromatic rings. The zero-order chi connectivity index (χ0) is 23.2. The van der Waals surface area contributed by atoms with Crippen molar-refractivity contribution in [2.75, 3.05) is 30.4 Å². The van der Waals surface area contributed by atoms with Gasteiger partial charge in [-0.1, -0.05) is 53.0 Å². The number of rotatable bonds is 8. The number of anilines is 2. The Morgan fingerprint density at radius 2 is 1.70 bits per heavy atom. The van der Waals surface area contributed by atoms with E-state index in [2.05, 4.69) is 22.3 Å². The van der Waals surface area contributed by atoms with Gasteiger partial charge in [0.1, 0.15) is 6.61 Å². The number of ether oxygens (including phenoxy) is 2. The highest BCUT2D eigenvalue weighted by atomic mass is 35.5. The highest BCUT2D eigenvalue weighted by Gasteiger charge is 2.15. The second-order valence-corrected chi connectivity index (χ2v) is 9.29. The first-order chi connectivity index (χ1) is 16.0. The number of hydrogen-bond donors (Lipinski definition) is 1. The maximum absolute atomic E-state index is 6.62. The number of methoxy groups -OCH3 is 1. The van der Waals surface area contributed by atoms with Crippen molar-refractivity contribution in [2.45, 2.75) is 32.4 Å². The molecular formula is C26H27Cl3N2O2. The smallest absolute Gasteiger partial charge is 0.166 e. The molecule has 0 radical (unpaired) electrons. The topological polar surface area (TPSA) is 33.7 Å². The van der Waals surface area contributed by atoms with Crippen molar-refractivity contribution >= 4 is 46.2 Å². The molecule has 1 fully saturated rings.